The van der Waals surface area contributed by atoms with Crippen LogP contribution in [0.4, 0.5) is 4.39 Å². The van der Waals surface area contributed by atoms with E-state index >= 15 is 0 Å². The van der Waals surface area contributed by atoms with E-state index in [4.69, 9.17) is 14.6 Å². The van der Waals surface area contributed by atoms with Gasteiger partial charge >= 0.3 is 5.97 Å². The predicted octanol–water partition coefficient (Wildman–Crippen LogP) is 0.0287. The molecule has 1 aliphatic heterocycles. The van der Waals surface area contributed by atoms with Crippen molar-refractivity contribution in [2.24, 2.45) is 5.14 Å². The first-order chi connectivity index (χ1) is 8.38. The first-order valence-corrected chi connectivity index (χ1v) is 6.53. The molecule has 2 rings (SSSR count). The SMILES string of the molecule is NS(=O)(=O)c1cc(C(=O)OC2COC2)ccc1F. The highest BCUT2D eigenvalue weighted by atomic mass is 32.2. The largest absolute Gasteiger partial charge is 0.454 e. The molecule has 0 aliphatic carbocycles. The number of primary sulfonamides is 1. The van der Waals surface area contributed by atoms with Gasteiger partial charge in [0, 0.05) is 0 Å². The zero-order chi connectivity index (χ0) is 13.3. The van der Waals surface area contributed by atoms with Crippen molar-refractivity contribution >= 4 is 16.0 Å². The van der Waals surface area contributed by atoms with Crippen molar-refractivity contribution in [3.63, 3.8) is 0 Å². The molecule has 2 N–H and O–H groups in total. The number of benzene rings is 1. The molecule has 1 heterocycles. The Morgan fingerprint density at radius 1 is 1.44 bits per heavy atom. The predicted molar refractivity (Wildman–Crippen MR) is 57.8 cm³/mol. The molecular formula is C10H10FNO5S. The number of halogens is 1. The molecule has 0 spiro atoms. The van der Waals surface area contributed by atoms with E-state index in [-0.39, 0.29) is 11.7 Å². The maximum absolute atomic E-state index is 13.2. The summed E-state index contributed by atoms with van der Waals surface area (Å²) in [5.41, 5.74) is -0.0766. The average Bonchev–Trinajstić information content (AvgIpc) is 2.22. The fourth-order valence-electron chi connectivity index (χ4n) is 1.35. The van der Waals surface area contributed by atoms with E-state index < -0.39 is 26.7 Å². The Hall–Kier alpha value is -1.51. The van der Waals surface area contributed by atoms with Crippen molar-refractivity contribution in [3.05, 3.63) is 29.6 Å². The lowest BCUT2D eigenvalue weighted by Crippen LogP contribution is -2.37. The van der Waals surface area contributed by atoms with Gasteiger partial charge in [-0.05, 0) is 18.2 Å². The number of carbonyl (C=O) groups excluding carboxylic acids is 1. The van der Waals surface area contributed by atoms with E-state index in [9.17, 15) is 17.6 Å². The number of carbonyl (C=O) groups is 1. The molecule has 1 saturated heterocycles. The molecule has 0 amide bonds. The maximum Gasteiger partial charge on any atom is 0.338 e. The van der Waals surface area contributed by atoms with Gasteiger partial charge in [0.2, 0.25) is 10.0 Å². The van der Waals surface area contributed by atoms with Gasteiger partial charge in [0.25, 0.3) is 0 Å². The van der Waals surface area contributed by atoms with Crippen LogP contribution in [0.15, 0.2) is 23.1 Å². The summed E-state index contributed by atoms with van der Waals surface area (Å²) < 4.78 is 45.2. The Balaban J connectivity index is 2.26. The van der Waals surface area contributed by atoms with Crippen LogP contribution in [-0.4, -0.2) is 33.7 Å². The highest BCUT2D eigenvalue weighted by Gasteiger charge is 2.24. The van der Waals surface area contributed by atoms with Crippen LogP contribution in [0.2, 0.25) is 0 Å². The van der Waals surface area contributed by atoms with Crippen LogP contribution >= 0.6 is 0 Å². The monoisotopic (exact) mass is 275 g/mol. The van der Waals surface area contributed by atoms with Crippen LogP contribution in [0.3, 0.4) is 0 Å². The topological polar surface area (TPSA) is 95.7 Å². The van der Waals surface area contributed by atoms with Gasteiger partial charge in [0.1, 0.15) is 16.8 Å². The summed E-state index contributed by atoms with van der Waals surface area (Å²) in [4.78, 5) is 10.9. The molecule has 1 aromatic rings. The highest BCUT2D eigenvalue weighted by Crippen LogP contribution is 2.17. The van der Waals surface area contributed by atoms with E-state index in [1.54, 1.807) is 0 Å². The molecule has 8 heteroatoms. The van der Waals surface area contributed by atoms with Crippen molar-refractivity contribution in [1.29, 1.82) is 0 Å². The zero-order valence-electron chi connectivity index (χ0n) is 9.13. The molecule has 18 heavy (non-hydrogen) atoms. The van der Waals surface area contributed by atoms with E-state index in [0.717, 1.165) is 18.2 Å². The third-order valence-electron chi connectivity index (χ3n) is 2.35. The van der Waals surface area contributed by atoms with Gasteiger partial charge in [0.05, 0.1) is 18.8 Å². The van der Waals surface area contributed by atoms with Crippen molar-refractivity contribution < 1.29 is 27.1 Å². The van der Waals surface area contributed by atoms with Gasteiger partial charge in [-0.1, -0.05) is 0 Å². The molecule has 0 atom stereocenters. The highest BCUT2D eigenvalue weighted by molar-refractivity contribution is 7.89. The second kappa shape index (κ2) is 4.63. The van der Waals surface area contributed by atoms with Gasteiger partial charge in [0.15, 0.2) is 0 Å². The number of hydrogen-bond acceptors (Lipinski definition) is 5. The smallest absolute Gasteiger partial charge is 0.338 e. The lowest BCUT2D eigenvalue weighted by Gasteiger charge is -2.25. The second-order valence-electron chi connectivity index (χ2n) is 3.75. The molecule has 0 radical (unpaired) electrons. The fraction of sp³-hybridized carbons (Fsp3) is 0.300. The Labute approximate surface area is 103 Å². The standard InChI is InChI=1S/C10H10FNO5S/c11-8-2-1-6(3-9(8)18(12,14)15)10(13)17-7-4-16-5-7/h1-3,7H,4-5H2,(H2,12,14,15). The fourth-order valence-corrected chi connectivity index (χ4v) is 1.98. The summed E-state index contributed by atoms with van der Waals surface area (Å²) in [6.45, 7) is 0.601. The number of rotatable bonds is 3. The molecule has 0 aromatic heterocycles. The summed E-state index contributed by atoms with van der Waals surface area (Å²) in [6.07, 6.45) is -0.347. The molecule has 1 aromatic carbocycles. The first-order valence-electron chi connectivity index (χ1n) is 4.99. The third-order valence-corrected chi connectivity index (χ3v) is 3.28. The van der Waals surface area contributed by atoms with Crippen LogP contribution in [0, 0.1) is 5.82 Å². The molecule has 0 unspecified atom stereocenters. The van der Waals surface area contributed by atoms with E-state index in [0.29, 0.717) is 13.2 Å². The van der Waals surface area contributed by atoms with Crippen molar-refractivity contribution in [2.75, 3.05) is 13.2 Å². The number of ether oxygens (including phenoxy) is 2. The van der Waals surface area contributed by atoms with Gasteiger partial charge < -0.3 is 9.47 Å². The molecule has 0 saturated carbocycles. The van der Waals surface area contributed by atoms with Crippen molar-refractivity contribution in [1.82, 2.24) is 0 Å². The Morgan fingerprint density at radius 3 is 2.61 bits per heavy atom. The van der Waals surface area contributed by atoms with Crippen LogP contribution < -0.4 is 5.14 Å². The molecular weight excluding hydrogens is 265 g/mol. The normalized spacial score (nSPS) is 16.1. The summed E-state index contributed by atoms with van der Waals surface area (Å²) in [6, 6.07) is 2.84. The van der Waals surface area contributed by atoms with Crippen LogP contribution in [-0.2, 0) is 19.5 Å². The average molecular weight is 275 g/mol. The van der Waals surface area contributed by atoms with Crippen molar-refractivity contribution in [2.45, 2.75) is 11.0 Å². The van der Waals surface area contributed by atoms with Crippen LogP contribution in [0.5, 0.6) is 0 Å². The van der Waals surface area contributed by atoms with E-state index in [2.05, 4.69) is 0 Å². The minimum absolute atomic E-state index is 0.0766. The van der Waals surface area contributed by atoms with Gasteiger partial charge in [-0.2, -0.15) is 0 Å². The zero-order valence-corrected chi connectivity index (χ0v) is 9.94. The second-order valence-corrected chi connectivity index (χ2v) is 5.28. The summed E-state index contributed by atoms with van der Waals surface area (Å²) in [5, 5.41) is 4.83. The van der Waals surface area contributed by atoms with Gasteiger partial charge in [-0.25, -0.2) is 22.7 Å². The molecule has 1 aliphatic rings. The lowest BCUT2D eigenvalue weighted by atomic mass is 10.2. The Bertz CT molecular complexity index is 582. The first kappa shape index (κ1) is 12.9. The lowest BCUT2D eigenvalue weighted by molar-refractivity contribution is -0.103. The molecule has 98 valence electrons. The minimum Gasteiger partial charge on any atom is -0.454 e. The number of sulfonamides is 1. The minimum atomic E-state index is -4.22. The molecule has 1 fully saturated rings. The van der Waals surface area contributed by atoms with E-state index in [1.807, 2.05) is 0 Å². The Kier molecular flexibility index (Phi) is 3.33. The summed E-state index contributed by atoms with van der Waals surface area (Å²) in [5.74, 6) is -1.76. The number of hydrogen-bond donors (Lipinski definition) is 1. The maximum atomic E-state index is 13.2. The van der Waals surface area contributed by atoms with Gasteiger partial charge in [-0.15, -0.1) is 0 Å². The molecule has 0 bridgehead atoms. The summed E-state index contributed by atoms with van der Waals surface area (Å²) in [7, 11) is -4.22. The van der Waals surface area contributed by atoms with Gasteiger partial charge in [-0.3, -0.25) is 0 Å². The van der Waals surface area contributed by atoms with Crippen LogP contribution in [0.1, 0.15) is 10.4 Å². The number of esters is 1. The third kappa shape index (κ3) is 2.66. The van der Waals surface area contributed by atoms with Crippen molar-refractivity contribution in [3.8, 4) is 0 Å². The van der Waals surface area contributed by atoms with E-state index in [1.165, 1.54) is 0 Å². The molecule has 6 nitrogen and oxygen atoms in total. The Morgan fingerprint density at radius 2 is 2.11 bits per heavy atom. The summed E-state index contributed by atoms with van der Waals surface area (Å²) >= 11 is 0. The number of nitrogens with two attached hydrogens (primary N) is 1. The quantitative estimate of drug-likeness (QED) is 0.785. The van der Waals surface area contributed by atoms with Crippen LogP contribution in [0.25, 0.3) is 0 Å².